The molecule has 0 spiro atoms. The highest BCUT2D eigenvalue weighted by molar-refractivity contribution is 5.77. The number of unbranched alkanes of at least 4 members (excludes halogenated alkanes) is 7. The fourth-order valence-corrected chi connectivity index (χ4v) is 3.10. The van der Waals surface area contributed by atoms with E-state index in [0.717, 1.165) is 32.1 Å². The number of Topliss-reactive ketones (excluding diaryl/α,β-unsaturated/α-hetero) is 1. The van der Waals surface area contributed by atoms with Gasteiger partial charge in [-0.2, -0.15) is 0 Å². The van der Waals surface area contributed by atoms with Gasteiger partial charge in [0.25, 0.3) is 0 Å². The van der Waals surface area contributed by atoms with Gasteiger partial charge in [-0.15, -0.1) is 6.42 Å². The van der Waals surface area contributed by atoms with Crippen LogP contribution in [0.4, 0.5) is 0 Å². The van der Waals surface area contributed by atoms with Gasteiger partial charge in [0.15, 0.2) is 0 Å². The minimum Gasteiger partial charge on any atom is -0.391 e. The van der Waals surface area contributed by atoms with E-state index in [1.807, 2.05) is 0 Å². The summed E-state index contributed by atoms with van der Waals surface area (Å²) in [5, 5.41) is 9.60. The summed E-state index contributed by atoms with van der Waals surface area (Å²) in [5.41, 5.74) is 0. The van der Waals surface area contributed by atoms with Gasteiger partial charge in [0.1, 0.15) is 5.78 Å². The van der Waals surface area contributed by atoms with Crippen LogP contribution in [0.15, 0.2) is 0 Å². The van der Waals surface area contributed by atoms with Crippen LogP contribution < -0.4 is 0 Å². The molecule has 1 aliphatic heterocycles. The predicted molar refractivity (Wildman–Crippen MR) is 91.8 cm³/mol. The summed E-state index contributed by atoms with van der Waals surface area (Å²) < 4.78 is 0. The third kappa shape index (κ3) is 8.18. The molecule has 1 fully saturated rings. The summed E-state index contributed by atoms with van der Waals surface area (Å²) in [4.78, 5) is 24.6. The number of aliphatic hydroxyl groups is 1. The molecule has 1 aliphatic rings. The van der Waals surface area contributed by atoms with Gasteiger partial charge < -0.3 is 14.8 Å². The van der Waals surface area contributed by atoms with Gasteiger partial charge in [0, 0.05) is 25.8 Å². The van der Waals surface area contributed by atoms with Gasteiger partial charge >= 0.3 is 0 Å². The molecule has 0 aromatic rings. The molecule has 1 N–H and O–H groups in total. The van der Waals surface area contributed by atoms with Crippen LogP contribution in [0.3, 0.4) is 0 Å². The maximum atomic E-state index is 12.1. The molecular formula is C19H31NO3. The smallest absolute Gasteiger partial charge is 0.223 e. The summed E-state index contributed by atoms with van der Waals surface area (Å²) in [5.74, 6) is 2.95. The van der Waals surface area contributed by atoms with E-state index in [0.29, 0.717) is 25.8 Å². The second kappa shape index (κ2) is 11.2. The lowest BCUT2D eigenvalue weighted by molar-refractivity contribution is -0.131. The van der Waals surface area contributed by atoms with Gasteiger partial charge in [-0.3, -0.25) is 4.79 Å². The van der Waals surface area contributed by atoms with E-state index in [1.54, 1.807) is 11.8 Å². The standard InChI is InChI=1S/C19H31NO3/c1-3-17-14-18(22)15-20(17)19(23)13-11-9-7-5-4-6-8-10-12-16(2)21/h1,17-18,22H,4-15H2,2H3/t17-,18-/m1/s1. The van der Waals surface area contributed by atoms with Crippen molar-refractivity contribution in [2.24, 2.45) is 0 Å². The molecule has 1 heterocycles. The highest BCUT2D eigenvalue weighted by Gasteiger charge is 2.32. The van der Waals surface area contributed by atoms with E-state index in [-0.39, 0.29) is 17.7 Å². The Kier molecular flexibility index (Phi) is 9.63. The second-order valence-electron chi connectivity index (χ2n) is 6.65. The van der Waals surface area contributed by atoms with Crippen molar-refractivity contribution in [3.63, 3.8) is 0 Å². The Bertz CT molecular complexity index is 413. The van der Waals surface area contributed by atoms with Gasteiger partial charge in [-0.1, -0.05) is 44.4 Å². The van der Waals surface area contributed by atoms with Crippen molar-refractivity contribution in [2.45, 2.75) is 89.7 Å². The molecule has 1 rings (SSSR count). The lowest BCUT2D eigenvalue weighted by atomic mass is 10.1. The molecule has 0 aromatic carbocycles. The average Bonchev–Trinajstić information content (AvgIpc) is 2.89. The predicted octanol–water partition coefficient (Wildman–Crippen LogP) is 3.07. The van der Waals surface area contributed by atoms with Crippen molar-refractivity contribution in [1.82, 2.24) is 4.90 Å². The first-order valence-electron chi connectivity index (χ1n) is 8.97. The number of nitrogens with zero attached hydrogens (tertiary/aromatic N) is 1. The van der Waals surface area contributed by atoms with Gasteiger partial charge in [0.2, 0.25) is 5.91 Å². The number of carbonyl (C=O) groups is 2. The Morgan fingerprint density at radius 1 is 1.04 bits per heavy atom. The topological polar surface area (TPSA) is 57.6 Å². The molecule has 0 unspecified atom stereocenters. The zero-order valence-corrected chi connectivity index (χ0v) is 14.4. The molecular weight excluding hydrogens is 290 g/mol. The van der Waals surface area contributed by atoms with E-state index in [2.05, 4.69) is 5.92 Å². The SMILES string of the molecule is C#C[C@@H]1C[C@@H](O)CN1C(=O)CCCCCCCCCCC(C)=O. The summed E-state index contributed by atoms with van der Waals surface area (Å²) in [6.07, 6.45) is 15.6. The minimum absolute atomic E-state index is 0.0775. The molecule has 4 heteroatoms. The molecule has 23 heavy (non-hydrogen) atoms. The van der Waals surface area contributed by atoms with Crippen LogP contribution >= 0.6 is 0 Å². The molecule has 1 saturated heterocycles. The molecule has 0 aromatic heterocycles. The quantitative estimate of drug-likeness (QED) is 0.470. The van der Waals surface area contributed by atoms with Crippen LogP contribution in [0.25, 0.3) is 0 Å². The zero-order chi connectivity index (χ0) is 17.1. The Morgan fingerprint density at radius 3 is 2.09 bits per heavy atom. The van der Waals surface area contributed by atoms with Gasteiger partial charge in [-0.05, 0) is 19.8 Å². The third-order valence-corrected chi connectivity index (χ3v) is 4.46. The summed E-state index contributed by atoms with van der Waals surface area (Å²) >= 11 is 0. The first-order chi connectivity index (χ1) is 11.0. The summed E-state index contributed by atoms with van der Waals surface area (Å²) in [7, 11) is 0. The zero-order valence-electron chi connectivity index (χ0n) is 14.4. The van der Waals surface area contributed by atoms with Crippen molar-refractivity contribution in [2.75, 3.05) is 6.54 Å². The summed E-state index contributed by atoms with van der Waals surface area (Å²) in [6, 6.07) is -0.229. The number of rotatable bonds is 11. The first-order valence-corrected chi connectivity index (χ1v) is 8.97. The molecule has 0 bridgehead atoms. The van der Waals surface area contributed by atoms with E-state index >= 15 is 0 Å². The normalized spacial score (nSPS) is 20.5. The highest BCUT2D eigenvalue weighted by atomic mass is 16.3. The number of carbonyl (C=O) groups excluding carboxylic acids is 2. The number of amides is 1. The number of β-amino-alcohol motifs (C(OH)–C–C–N with tert-alkyl or cyclic N) is 1. The number of hydrogen-bond acceptors (Lipinski definition) is 3. The van der Waals surface area contributed by atoms with Crippen LogP contribution in [-0.4, -0.2) is 40.4 Å². The van der Waals surface area contributed by atoms with Crippen LogP contribution in [-0.2, 0) is 9.59 Å². The fraction of sp³-hybridized carbons (Fsp3) is 0.789. The molecule has 0 aliphatic carbocycles. The van der Waals surface area contributed by atoms with Gasteiger partial charge in [-0.25, -0.2) is 0 Å². The van der Waals surface area contributed by atoms with Crippen molar-refractivity contribution in [1.29, 1.82) is 0 Å². The van der Waals surface area contributed by atoms with Crippen LogP contribution in [0, 0.1) is 12.3 Å². The third-order valence-electron chi connectivity index (χ3n) is 4.46. The van der Waals surface area contributed by atoms with E-state index in [4.69, 9.17) is 6.42 Å². The van der Waals surface area contributed by atoms with Crippen LogP contribution in [0.1, 0.15) is 77.6 Å². The Hall–Kier alpha value is -1.34. The lowest BCUT2D eigenvalue weighted by Crippen LogP contribution is -2.35. The molecule has 1 amide bonds. The number of ketones is 1. The Labute approximate surface area is 140 Å². The average molecular weight is 321 g/mol. The van der Waals surface area contributed by atoms with Gasteiger partial charge in [0.05, 0.1) is 12.1 Å². The maximum Gasteiger partial charge on any atom is 0.223 e. The van der Waals surface area contributed by atoms with Crippen LogP contribution in [0.2, 0.25) is 0 Å². The Morgan fingerprint density at radius 2 is 1.57 bits per heavy atom. The van der Waals surface area contributed by atoms with E-state index in [9.17, 15) is 14.7 Å². The number of hydrogen-bond donors (Lipinski definition) is 1. The van der Waals surface area contributed by atoms with Crippen molar-refractivity contribution < 1.29 is 14.7 Å². The minimum atomic E-state index is -0.469. The van der Waals surface area contributed by atoms with E-state index < -0.39 is 6.10 Å². The molecule has 2 atom stereocenters. The number of likely N-dealkylation sites (tertiary alicyclic amines) is 1. The van der Waals surface area contributed by atoms with Crippen molar-refractivity contribution in [3.05, 3.63) is 0 Å². The summed E-state index contributed by atoms with van der Waals surface area (Å²) in [6.45, 7) is 2.03. The fourth-order valence-electron chi connectivity index (χ4n) is 3.10. The molecule has 130 valence electrons. The first kappa shape index (κ1) is 19.7. The number of aliphatic hydroxyl groups excluding tert-OH is 1. The maximum absolute atomic E-state index is 12.1. The van der Waals surface area contributed by atoms with Crippen LogP contribution in [0.5, 0.6) is 0 Å². The van der Waals surface area contributed by atoms with Crippen molar-refractivity contribution in [3.8, 4) is 12.3 Å². The second-order valence-corrected chi connectivity index (χ2v) is 6.65. The largest absolute Gasteiger partial charge is 0.391 e. The lowest BCUT2D eigenvalue weighted by Gasteiger charge is -2.20. The molecule has 4 nitrogen and oxygen atoms in total. The Balaban J connectivity index is 1.98. The van der Waals surface area contributed by atoms with Crippen molar-refractivity contribution >= 4 is 11.7 Å². The monoisotopic (exact) mass is 321 g/mol. The molecule has 0 radical (unpaired) electrons. The van der Waals surface area contributed by atoms with E-state index in [1.165, 1.54) is 19.3 Å². The molecule has 0 saturated carbocycles. The number of terminal acetylenes is 1. The highest BCUT2D eigenvalue weighted by Crippen LogP contribution is 2.19.